The highest BCUT2D eigenvalue weighted by Crippen LogP contribution is 2.42. The quantitative estimate of drug-likeness (QED) is 0.768. The lowest BCUT2D eigenvalue weighted by Gasteiger charge is -2.51. The SMILES string of the molecule is CCCN1CC(C)(C2CC2)NCC1(C)C. The zero-order valence-electron chi connectivity index (χ0n) is 10.8. The Labute approximate surface area is 94.4 Å². The number of hydrogen-bond acceptors (Lipinski definition) is 2. The van der Waals surface area contributed by atoms with Gasteiger partial charge < -0.3 is 5.32 Å². The minimum atomic E-state index is 0.338. The van der Waals surface area contributed by atoms with Gasteiger partial charge in [0.1, 0.15) is 0 Å². The van der Waals surface area contributed by atoms with Gasteiger partial charge in [-0.1, -0.05) is 6.92 Å². The van der Waals surface area contributed by atoms with Gasteiger partial charge in [-0.25, -0.2) is 0 Å². The largest absolute Gasteiger partial charge is 0.308 e. The first-order valence-electron chi connectivity index (χ1n) is 6.48. The standard InChI is InChI=1S/C13H26N2/c1-5-8-15-10-13(4,11-6-7-11)14-9-12(15,2)3/h11,14H,5-10H2,1-4H3. The van der Waals surface area contributed by atoms with Gasteiger partial charge in [0.25, 0.3) is 0 Å². The maximum absolute atomic E-state index is 3.79. The maximum atomic E-state index is 3.79. The second-order valence-corrected chi connectivity index (χ2v) is 6.28. The summed E-state index contributed by atoms with van der Waals surface area (Å²) in [6.07, 6.45) is 4.14. The summed E-state index contributed by atoms with van der Waals surface area (Å²) >= 11 is 0. The van der Waals surface area contributed by atoms with Crippen molar-refractivity contribution in [2.45, 2.75) is 58.0 Å². The number of rotatable bonds is 3. The molecule has 0 aromatic heterocycles. The first-order chi connectivity index (χ1) is 6.98. The molecule has 2 nitrogen and oxygen atoms in total. The summed E-state index contributed by atoms with van der Waals surface area (Å²) in [5, 5.41) is 3.79. The average Bonchev–Trinajstić information content (AvgIpc) is 2.96. The molecule has 0 radical (unpaired) electrons. The normalized spacial score (nSPS) is 36.8. The summed E-state index contributed by atoms with van der Waals surface area (Å²) in [6, 6.07) is 0. The fourth-order valence-electron chi connectivity index (χ4n) is 2.84. The molecular weight excluding hydrogens is 184 g/mol. The van der Waals surface area contributed by atoms with E-state index in [9.17, 15) is 0 Å². The molecule has 1 N–H and O–H groups in total. The van der Waals surface area contributed by atoms with E-state index in [0.717, 1.165) is 12.5 Å². The Kier molecular flexibility index (Phi) is 2.85. The second-order valence-electron chi connectivity index (χ2n) is 6.28. The van der Waals surface area contributed by atoms with Gasteiger partial charge in [0.15, 0.2) is 0 Å². The van der Waals surface area contributed by atoms with E-state index in [1.807, 2.05) is 0 Å². The maximum Gasteiger partial charge on any atom is 0.0309 e. The zero-order chi connectivity index (χ0) is 11.1. The zero-order valence-corrected chi connectivity index (χ0v) is 10.8. The number of nitrogens with one attached hydrogen (secondary N) is 1. The Bertz CT molecular complexity index is 233. The summed E-state index contributed by atoms with van der Waals surface area (Å²) in [5.74, 6) is 0.938. The van der Waals surface area contributed by atoms with Crippen LogP contribution in [-0.2, 0) is 0 Å². The average molecular weight is 210 g/mol. The minimum Gasteiger partial charge on any atom is -0.308 e. The third-order valence-corrected chi connectivity index (χ3v) is 4.27. The van der Waals surface area contributed by atoms with Gasteiger partial charge in [0.2, 0.25) is 0 Å². The lowest BCUT2D eigenvalue weighted by atomic mass is 9.86. The molecule has 2 fully saturated rings. The van der Waals surface area contributed by atoms with Gasteiger partial charge in [-0.2, -0.15) is 0 Å². The molecule has 2 heteroatoms. The number of piperazine rings is 1. The van der Waals surface area contributed by atoms with Crippen LogP contribution in [-0.4, -0.2) is 35.6 Å². The smallest absolute Gasteiger partial charge is 0.0309 e. The summed E-state index contributed by atoms with van der Waals surface area (Å²) in [5.41, 5.74) is 0.731. The van der Waals surface area contributed by atoms with Crippen LogP contribution in [0.15, 0.2) is 0 Å². The monoisotopic (exact) mass is 210 g/mol. The Morgan fingerprint density at radius 3 is 2.47 bits per heavy atom. The molecule has 0 amide bonds. The van der Waals surface area contributed by atoms with E-state index in [1.54, 1.807) is 0 Å². The van der Waals surface area contributed by atoms with Gasteiger partial charge in [0.05, 0.1) is 0 Å². The fraction of sp³-hybridized carbons (Fsp3) is 1.00. The van der Waals surface area contributed by atoms with Crippen molar-refractivity contribution in [3.63, 3.8) is 0 Å². The molecule has 1 atom stereocenters. The second kappa shape index (κ2) is 3.74. The Hall–Kier alpha value is -0.0800. The molecule has 0 aromatic carbocycles. The Balaban J connectivity index is 2.05. The van der Waals surface area contributed by atoms with Crippen LogP contribution in [0.25, 0.3) is 0 Å². The highest BCUT2D eigenvalue weighted by Gasteiger charge is 2.47. The van der Waals surface area contributed by atoms with Crippen molar-refractivity contribution in [1.29, 1.82) is 0 Å². The Morgan fingerprint density at radius 2 is 1.93 bits per heavy atom. The third kappa shape index (κ3) is 2.21. The molecule has 0 bridgehead atoms. The van der Waals surface area contributed by atoms with Crippen LogP contribution in [0, 0.1) is 5.92 Å². The first-order valence-corrected chi connectivity index (χ1v) is 6.48. The van der Waals surface area contributed by atoms with Crippen LogP contribution in [0.4, 0.5) is 0 Å². The number of hydrogen-bond donors (Lipinski definition) is 1. The predicted octanol–water partition coefficient (Wildman–Crippen LogP) is 2.25. The van der Waals surface area contributed by atoms with Gasteiger partial charge in [-0.3, -0.25) is 4.90 Å². The highest BCUT2D eigenvalue weighted by atomic mass is 15.3. The summed E-state index contributed by atoms with van der Waals surface area (Å²) < 4.78 is 0. The van der Waals surface area contributed by atoms with Crippen molar-refractivity contribution in [2.24, 2.45) is 5.92 Å². The van der Waals surface area contributed by atoms with Crippen molar-refractivity contribution in [3.05, 3.63) is 0 Å². The van der Waals surface area contributed by atoms with Gasteiger partial charge in [0, 0.05) is 24.2 Å². The topological polar surface area (TPSA) is 15.3 Å². The molecule has 1 saturated carbocycles. The van der Waals surface area contributed by atoms with Crippen LogP contribution < -0.4 is 5.32 Å². The molecule has 1 heterocycles. The minimum absolute atomic E-state index is 0.338. The van der Waals surface area contributed by atoms with Crippen molar-refractivity contribution in [3.8, 4) is 0 Å². The Morgan fingerprint density at radius 1 is 1.27 bits per heavy atom. The van der Waals surface area contributed by atoms with E-state index >= 15 is 0 Å². The van der Waals surface area contributed by atoms with Crippen molar-refractivity contribution in [2.75, 3.05) is 19.6 Å². The molecule has 2 rings (SSSR count). The predicted molar refractivity (Wildman–Crippen MR) is 65.1 cm³/mol. The van der Waals surface area contributed by atoms with E-state index in [4.69, 9.17) is 0 Å². The number of nitrogens with zero attached hydrogens (tertiary/aromatic N) is 1. The van der Waals surface area contributed by atoms with E-state index in [2.05, 4.69) is 37.9 Å². The molecule has 0 spiro atoms. The van der Waals surface area contributed by atoms with Crippen LogP contribution in [0.1, 0.15) is 47.0 Å². The molecule has 88 valence electrons. The molecule has 0 aromatic rings. The van der Waals surface area contributed by atoms with Crippen molar-refractivity contribution < 1.29 is 0 Å². The molecule has 2 aliphatic rings. The molecular formula is C13H26N2. The van der Waals surface area contributed by atoms with Gasteiger partial charge >= 0.3 is 0 Å². The van der Waals surface area contributed by atoms with Crippen LogP contribution in [0.2, 0.25) is 0 Å². The molecule has 15 heavy (non-hydrogen) atoms. The van der Waals surface area contributed by atoms with Crippen molar-refractivity contribution >= 4 is 0 Å². The first kappa shape index (κ1) is 11.4. The molecule has 1 saturated heterocycles. The van der Waals surface area contributed by atoms with Gasteiger partial charge in [-0.15, -0.1) is 0 Å². The summed E-state index contributed by atoms with van der Waals surface area (Å²) in [6.45, 7) is 13.1. The lowest BCUT2D eigenvalue weighted by molar-refractivity contribution is 0.0245. The van der Waals surface area contributed by atoms with E-state index in [0.29, 0.717) is 11.1 Å². The molecule has 1 unspecified atom stereocenters. The summed E-state index contributed by atoms with van der Waals surface area (Å²) in [4.78, 5) is 2.68. The molecule has 1 aliphatic carbocycles. The lowest BCUT2D eigenvalue weighted by Crippen LogP contribution is -2.68. The fourth-order valence-corrected chi connectivity index (χ4v) is 2.84. The third-order valence-electron chi connectivity index (χ3n) is 4.27. The van der Waals surface area contributed by atoms with Crippen LogP contribution in [0.3, 0.4) is 0 Å². The molecule has 1 aliphatic heterocycles. The van der Waals surface area contributed by atoms with E-state index in [1.165, 1.54) is 32.4 Å². The van der Waals surface area contributed by atoms with Crippen molar-refractivity contribution in [1.82, 2.24) is 10.2 Å². The van der Waals surface area contributed by atoms with E-state index < -0.39 is 0 Å². The summed E-state index contributed by atoms with van der Waals surface area (Å²) in [7, 11) is 0. The van der Waals surface area contributed by atoms with E-state index in [-0.39, 0.29) is 0 Å². The highest BCUT2D eigenvalue weighted by molar-refractivity contribution is 5.06. The van der Waals surface area contributed by atoms with Crippen LogP contribution in [0.5, 0.6) is 0 Å². The van der Waals surface area contributed by atoms with Gasteiger partial charge in [-0.05, 0) is 52.5 Å². The van der Waals surface area contributed by atoms with Crippen LogP contribution >= 0.6 is 0 Å².